The van der Waals surface area contributed by atoms with Crippen LogP contribution in [0.15, 0.2) is 18.2 Å². The summed E-state index contributed by atoms with van der Waals surface area (Å²) >= 11 is 0. The fourth-order valence-corrected chi connectivity index (χ4v) is 2.77. The molecular weight excluding hydrogens is 214 g/mol. The highest BCUT2D eigenvalue weighted by molar-refractivity contribution is 5.42. The van der Waals surface area contributed by atoms with Crippen molar-refractivity contribution < 1.29 is 10.2 Å². The van der Waals surface area contributed by atoms with Gasteiger partial charge in [-0.15, -0.1) is 0 Å². The molecule has 0 amide bonds. The van der Waals surface area contributed by atoms with E-state index in [1.807, 2.05) is 6.07 Å². The van der Waals surface area contributed by atoms with Crippen molar-refractivity contribution in [2.24, 2.45) is 5.92 Å². The summed E-state index contributed by atoms with van der Waals surface area (Å²) in [6.45, 7) is 7.78. The number of likely N-dealkylation sites (tertiary alicyclic amines) is 1. The van der Waals surface area contributed by atoms with Crippen LogP contribution in [0.1, 0.15) is 31.7 Å². The van der Waals surface area contributed by atoms with Crippen LogP contribution in [0.25, 0.3) is 0 Å². The van der Waals surface area contributed by atoms with Crippen molar-refractivity contribution >= 4 is 0 Å². The second-order valence-corrected chi connectivity index (χ2v) is 5.09. The van der Waals surface area contributed by atoms with Gasteiger partial charge in [-0.25, -0.2) is 0 Å². The van der Waals surface area contributed by atoms with E-state index in [1.54, 1.807) is 12.1 Å². The highest BCUT2D eigenvalue weighted by Crippen LogP contribution is 2.36. The predicted octanol–water partition coefficient (Wildman–Crippen LogP) is 2.54. The number of hydrogen-bond donors (Lipinski definition) is 2. The molecule has 1 aliphatic heterocycles. The highest BCUT2D eigenvalue weighted by Gasteiger charge is 2.30. The first-order valence-corrected chi connectivity index (χ1v) is 6.36. The number of phenolic OH excluding ortho intramolecular Hbond substituents is 2. The molecule has 3 nitrogen and oxygen atoms in total. The van der Waals surface area contributed by atoms with Crippen molar-refractivity contribution in [1.82, 2.24) is 4.90 Å². The lowest BCUT2D eigenvalue weighted by atomic mass is 9.90. The Morgan fingerprint density at radius 1 is 1.24 bits per heavy atom. The fraction of sp³-hybridized carbons (Fsp3) is 0.571. The fourth-order valence-electron chi connectivity index (χ4n) is 2.77. The molecule has 2 rings (SSSR count). The predicted molar refractivity (Wildman–Crippen MR) is 68.4 cm³/mol. The Kier molecular flexibility index (Phi) is 3.57. The SMILES string of the molecule is CCCN1C[C@H](c2ccc(O)c(O)c2)[C@@H](C)C1. The lowest BCUT2D eigenvalue weighted by Crippen LogP contribution is -2.21. The molecule has 3 heteroatoms. The van der Waals surface area contributed by atoms with E-state index in [2.05, 4.69) is 18.7 Å². The molecule has 2 atom stereocenters. The molecule has 1 heterocycles. The van der Waals surface area contributed by atoms with Gasteiger partial charge < -0.3 is 15.1 Å². The second-order valence-electron chi connectivity index (χ2n) is 5.09. The zero-order valence-electron chi connectivity index (χ0n) is 10.6. The van der Waals surface area contributed by atoms with Crippen LogP contribution in [0, 0.1) is 5.92 Å². The van der Waals surface area contributed by atoms with E-state index in [9.17, 15) is 10.2 Å². The average Bonchev–Trinajstić information content (AvgIpc) is 2.64. The molecule has 1 saturated heterocycles. The van der Waals surface area contributed by atoms with Gasteiger partial charge in [0.1, 0.15) is 0 Å². The van der Waals surface area contributed by atoms with Gasteiger partial charge in [0.05, 0.1) is 0 Å². The van der Waals surface area contributed by atoms with Crippen LogP contribution in [0.2, 0.25) is 0 Å². The van der Waals surface area contributed by atoms with Crippen molar-refractivity contribution in [3.8, 4) is 11.5 Å². The summed E-state index contributed by atoms with van der Waals surface area (Å²) in [6, 6.07) is 5.21. The largest absolute Gasteiger partial charge is 0.504 e. The van der Waals surface area contributed by atoms with Gasteiger partial charge in [-0.05, 0) is 36.6 Å². The van der Waals surface area contributed by atoms with Gasteiger partial charge >= 0.3 is 0 Å². The van der Waals surface area contributed by atoms with Gasteiger partial charge in [0.2, 0.25) is 0 Å². The number of rotatable bonds is 3. The number of benzene rings is 1. The van der Waals surface area contributed by atoms with Crippen LogP contribution in [0.5, 0.6) is 11.5 Å². The standard InChI is InChI=1S/C14H21NO2/c1-3-6-15-8-10(2)12(9-15)11-4-5-13(16)14(17)7-11/h4-5,7,10,12,16-17H,3,6,8-9H2,1-2H3/t10-,12-/m0/s1. The van der Waals surface area contributed by atoms with Gasteiger partial charge in [-0.3, -0.25) is 0 Å². The summed E-state index contributed by atoms with van der Waals surface area (Å²) in [5, 5.41) is 18.9. The molecule has 0 aromatic heterocycles. The first kappa shape index (κ1) is 12.2. The molecule has 0 saturated carbocycles. The van der Waals surface area contributed by atoms with Crippen molar-refractivity contribution in [2.75, 3.05) is 19.6 Å². The van der Waals surface area contributed by atoms with Crippen LogP contribution in [-0.4, -0.2) is 34.7 Å². The van der Waals surface area contributed by atoms with Crippen molar-refractivity contribution in [3.05, 3.63) is 23.8 Å². The van der Waals surface area contributed by atoms with Crippen LogP contribution in [0.3, 0.4) is 0 Å². The van der Waals surface area contributed by atoms with E-state index < -0.39 is 0 Å². The van der Waals surface area contributed by atoms with E-state index in [0.717, 1.165) is 25.2 Å². The number of hydrogen-bond acceptors (Lipinski definition) is 3. The molecule has 94 valence electrons. The van der Waals surface area contributed by atoms with Crippen LogP contribution in [-0.2, 0) is 0 Å². The normalized spacial score (nSPS) is 25.3. The summed E-state index contributed by atoms with van der Waals surface area (Å²) in [6.07, 6.45) is 1.18. The summed E-state index contributed by atoms with van der Waals surface area (Å²) in [4.78, 5) is 2.47. The number of phenols is 2. The van der Waals surface area contributed by atoms with Gasteiger partial charge in [0.25, 0.3) is 0 Å². The molecule has 0 aliphatic carbocycles. The third-order valence-electron chi connectivity index (χ3n) is 3.66. The molecule has 0 spiro atoms. The lowest BCUT2D eigenvalue weighted by molar-refractivity contribution is 0.327. The molecule has 1 aliphatic rings. The van der Waals surface area contributed by atoms with E-state index >= 15 is 0 Å². The molecule has 1 aromatic carbocycles. The summed E-state index contributed by atoms with van der Waals surface area (Å²) in [5.41, 5.74) is 1.13. The maximum atomic E-state index is 9.55. The first-order valence-electron chi connectivity index (χ1n) is 6.36. The minimum atomic E-state index is -0.0372. The van der Waals surface area contributed by atoms with Crippen molar-refractivity contribution in [1.29, 1.82) is 0 Å². The smallest absolute Gasteiger partial charge is 0.157 e. The molecule has 2 N–H and O–H groups in total. The van der Waals surface area contributed by atoms with E-state index in [1.165, 1.54) is 6.42 Å². The molecule has 0 unspecified atom stereocenters. The number of nitrogens with zero attached hydrogens (tertiary/aromatic N) is 1. The Balaban J connectivity index is 2.14. The highest BCUT2D eigenvalue weighted by atomic mass is 16.3. The maximum Gasteiger partial charge on any atom is 0.157 e. The van der Waals surface area contributed by atoms with Crippen molar-refractivity contribution in [3.63, 3.8) is 0 Å². The molecule has 1 fully saturated rings. The van der Waals surface area contributed by atoms with Gasteiger partial charge in [-0.1, -0.05) is 19.9 Å². The third kappa shape index (κ3) is 2.55. The minimum absolute atomic E-state index is 0.0105. The van der Waals surface area contributed by atoms with Gasteiger partial charge in [0.15, 0.2) is 11.5 Å². The Morgan fingerprint density at radius 3 is 2.65 bits per heavy atom. The number of aromatic hydroxyl groups is 2. The quantitative estimate of drug-likeness (QED) is 0.791. The van der Waals surface area contributed by atoms with E-state index in [4.69, 9.17) is 0 Å². The second kappa shape index (κ2) is 4.96. The first-order chi connectivity index (χ1) is 8.11. The third-order valence-corrected chi connectivity index (χ3v) is 3.66. The molecule has 0 radical (unpaired) electrons. The van der Waals surface area contributed by atoms with Crippen LogP contribution in [0.4, 0.5) is 0 Å². The van der Waals surface area contributed by atoms with E-state index in [-0.39, 0.29) is 11.5 Å². The van der Waals surface area contributed by atoms with E-state index in [0.29, 0.717) is 11.8 Å². The Bertz CT molecular complexity index is 392. The summed E-state index contributed by atoms with van der Waals surface area (Å²) in [5.74, 6) is 1.02. The monoisotopic (exact) mass is 235 g/mol. The Labute approximate surface area is 103 Å². The zero-order valence-corrected chi connectivity index (χ0v) is 10.6. The lowest BCUT2D eigenvalue weighted by Gasteiger charge is -2.16. The van der Waals surface area contributed by atoms with Crippen LogP contribution < -0.4 is 0 Å². The molecule has 17 heavy (non-hydrogen) atoms. The van der Waals surface area contributed by atoms with Crippen molar-refractivity contribution in [2.45, 2.75) is 26.2 Å². The Hall–Kier alpha value is -1.22. The molecule has 0 bridgehead atoms. The summed E-state index contributed by atoms with van der Waals surface area (Å²) < 4.78 is 0. The average molecular weight is 235 g/mol. The molecule has 1 aromatic rings. The zero-order chi connectivity index (χ0) is 12.4. The Morgan fingerprint density at radius 2 is 2.00 bits per heavy atom. The summed E-state index contributed by atoms with van der Waals surface area (Å²) in [7, 11) is 0. The minimum Gasteiger partial charge on any atom is -0.504 e. The van der Waals surface area contributed by atoms with Crippen LogP contribution >= 0.6 is 0 Å². The van der Waals surface area contributed by atoms with Gasteiger partial charge in [0, 0.05) is 19.0 Å². The topological polar surface area (TPSA) is 43.7 Å². The van der Waals surface area contributed by atoms with Gasteiger partial charge in [-0.2, -0.15) is 0 Å². The maximum absolute atomic E-state index is 9.55. The molecular formula is C14H21NO2.